The molecule has 0 saturated carbocycles. The number of fused-ring (bicyclic) bond motifs is 1. The smallest absolute Gasteiger partial charge is 0.321 e. The molecular formula is C28H31FN4O4. The average molecular weight is 507 g/mol. The van der Waals surface area contributed by atoms with Crippen LogP contribution in [0.15, 0.2) is 66.9 Å². The zero-order valence-corrected chi connectivity index (χ0v) is 21.1. The Labute approximate surface area is 215 Å². The molecule has 3 atom stereocenters. The molecule has 4 rings (SSSR count). The number of rotatable bonds is 6. The normalized spacial score (nSPS) is 18.2. The lowest BCUT2D eigenvalue weighted by atomic mass is 9.99. The summed E-state index contributed by atoms with van der Waals surface area (Å²) in [6.45, 7) is 3.98. The van der Waals surface area contributed by atoms with Crippen molar-refractivity contribution in [2.75, 3.05) is 32.1 Å². The summed E-state index contributed by atoms with van der Waals surface area (Å²) in [5.74, 6) is -0.846. The van der Waals surface area contributed by atoms with Crippen LogP contribution in [-0.4, -0.2) is 70.7 Å². The fraction of sp³-hybridized carbons (Fsp3) is 0.321. The molecule has 1 aromatic heterocycles. The second kappa shape index (κ2) is 11.4. The molecule has 0 saturated heterocycles. The lowest BCUT2D eigenvalue weighted by Gasteiger charge is -2.37. The first-order valence-electron chi connectivity index (χ1n) is 12.2. The Balaban J connectivity index is 1.62. The molecule has 0 bridgehead atoms. The van der Waals surface area contributed by atoms with E-state index < -0.39 is 24.0 Å². The number of carbonyl (C=O) groups excluding carboxylic acids is 2. The summed E-state index contributed by atoms with van der Waals surface area (Å²) in [5.41, 5.74) is 2.04. The number of pyridine rings is 1. The van der Waals surface area contributed by atoms with E-state index in [0.29, 0.717) is 6.54 Å². The second-order valence-electron chi connectivity index (χ2n) is 9.36. The number of aliphatic hydroxyl groups is 1. The summed E-state index contributed by atoms with van der Waals surface area (Å²) >= 11 is 0. The van der Waals surface area contributed by atoms with Crippen LogP contribution in [0.4, 0.5) is 14.9 Å². The number of halogens is 1. The maximum atomic E-state index is 14.0. The van der Waals surface area contributed by atoms with Gasteiger partial charge in [0.1, 0.15) is 17.5 Å². The molecule has 2 heterocycles. The van der Waals surface area contributed by atoms with Crippen LogP contribution >= 0.6 is 0 Å². The van der Waals surface area contributed by atoms with Gasteiger partial charge < -0.3 is 25.0 Å². The van der Waals surface area contributed by atoms with E-state index in [0.717, 1.165) is 11.1 Å². The van der Waals surface area contributed by atoms with Gasteiger partial charge >= 0.3 is 6.03 Å². The molecule has 0 spiro atoms. The van der Waals surface area contributed by atoms with Crippen LogP contribution in [0.1, 0.15) is 24.2 Å². The molecule has 3 amide bonds. The number of benzene rings is 2. The fourth-order valence-electron chi connectivity index (χ4n) is 4.23. The molecule has 0 radical (unpaired) electrons. The quantitative estimate of drug-likeness (QED) is 0.521. The Morgan fingerprint density at radius 2 is 1.92 bits per heavy atom. The minimum absolute atomic E-state index is 0.0833. The number of likely N-dealkylation sites (N-methyl/N-ethyl adjacent to an activating group) is 1. The summed E-state index contributed by atoms with van der Waals surface area (Å²) in [4.78, 5) is 33.9. The van der Waals surface area contributed by atoms with Crippen molar-refractivity contribution in [1.29, 1.82) is 0 Å². The number of para-hydroxylation sites is 1. The Kier molecular flexibility index (Phi) is 8.03. The fourth-order valence-corrected chi connectivity index (χ4v) is 4.23. The van der Waals surface area contributed by atoms with Crippen LogP contribution < -0.4 is 10.1 Å². The van der Waals surface area contributed by atoms with Gasteiger partial charge in [0.25, 0.3) is 5.91 Å². The highest BCUT2D eigenvalue weighted by Gasteiger charge is 2.34. The number of nitrogens with zero attached hydrogens (tertiary/aromatic N) is 3. The second-order valence-corrected chi connectivity index (χ2v) is 9.36. The van der Waals surface area contributed by atoms with Crippen LogP contribution in [0, 0.1) is 11.7 Å². The minimum Gasteiger partial charge on any atom is -0.472 e. The van der Waals surface area contributed by atoms with E-state index in [1.165, 1.54) is 17.0 Å². The van der Waals surface area contributed by atoms with E-state index in [9.17, 15) is 19.1 Å². The van der Waals surface area contributed by atoms with Gasteiger partial charge in [-0.2, -0.15) is 0 Å². The van der Waals surface area contributed by atoms with Crippen molar-refractivity contribution in [3.05, 3.63) is 78.2 Å². The van der Waals surface area contributed by atoms with Gasteiger partial charge in [0.05, 0.1) is 24.9 Å². The van der Waals surface area contributed by atoms with Gasteiger partial charge in [-0.15, -0.1) is 0 Å². The van der Waals surface area contributed by atoms with Gasteiger partial charge in [-0.3, -0.25) is 4.79 Å². The van der Waals surface area contributed by atoms with E-state index in [1.807, 2.05) is 37.3 Å². The van der Waals surface area contributed by atoms with Gasteiger partial charge in [0.15, 0.2) is 0 Å². The molecule has 9 heteroatoms. The largest absolute Gasteiger partial charge is 0.472 e. The molecule has 2 aromatic carbocycles. The van der Waals surface area contributed by atoms with E-state index in [1.54, 1.807) is 43.3 Å². The number of aromatic nitrogens is 1. The average Bonchev–Trinajstić information content (AvgIpc) is 2.91. The molecule has 0 unspecified atom stereocenters. The number of nitrogens with one attached hydrogen (secondary N) is 1. The van der Waals surface area contributed by atoms with Crippen molar-refractivity contribution in [3.8, 4) is 17.0 Å². The summed E-state index contributed by atoms with van der Waals surface area (Å²) in [6, 6.07) is 16.4. The number of ether oxygens (including phenoxy) is 1. The zero-order chi connectivity index (χ0) is 26.5. The molecule has 194 valence electrons. The highest BCUT2D eigenvalue weighted by Crippen LogP contribution is 2.30. The number of hydrogen-bond acceptors (Lipinski definition) is 5. The maximum absolute atomic E-state index is 14.0. The molecule has 2 N–H and O–H groups in total. The van der Waals surface area contributed by atoms with E-state index >= 15 is 0 Å². The highest BCUT2D eigenvalue weighted by atomic mass is 19.1. The van der Waals surface area contributed by atoms with Gasteiger partial charge in [-0.25, -0.2) is 14.2 Å². The monoisotopic (exact) mass is 506 g/mol. The first kappa shape index (κ1) is 26.1. The summed E-state index contributed by atoms with van der Waals surface area (Å²) in [6.07, 6.45) is 1.13. The standard InChI is InChI=1S/C28H31FN4O4/c1-18-15-33(19(2)17-34)27(35)22-13-21(20-9-5-4-6-10-20)14-30-26(22)37-25(18)16-32(3)28(36)31-24-12-8-7-11-23(24)29/h4-14,18-19,25,34H,15-17H2,1-3H3,(H,31,36)/t18-,19+,25-/m1/s1. The van der Waals surface area contributed by atoms with Crippen molar-refractivity contribution in [1.82, 2.24) is 14.8 Å². The van der Waals surface area contributed by atoms with Crippen LogP contribution in [-0.2, 0) is 0 Å². The molecule has 37 heavy (non-hydrogen) atoms. The van der Waals surface area contributed by atoms with Crippen molar-refractivity contribution < 1.29 is 23.8 Å². The third-order valence-electron chi connectivity index (χ3n) is 6.54. The Morgan fingerprint density at radius 3 is 2.62 bits per heavy atom. The Hall–Kier alpha value is -3.98. The zero-order valence-electron chi connectivity index (χ0n) is 21.1. The number of carbonyl (C=O) groups is 2. The molecule has 1 aliphatic rings. The van der Waals surface area contributed by atoms with Crippen molar-refractivity contribution in [3.63, 3.8) is 0 Å². The molecule has 3 aromatic rings. The summed E-state index contributed by atoms with van der Waals surface area (Å²) in [7, 11) is 1.59. The van der Waals surface area contributed by atoms with Gasteiger partial charge in [0.2, 0.25) is 5.88 Å². The summed E-state index contributed by atoms with van der Waals surface area (Å²) < 4.78 is 20.3. The van der Waals surface area contributed by atoms with E-state index in [4.69, 9.17) is 4.74 Å². The van der Waals surface area contributed by atoms with Gasteiger partial charge in [0, 0.05) is 31.3 Å². The van der Waals surface area contributed by atoms with Gasteiger partial charge in [-0.1, -0.05) is 49.4 Å². The molecule has 0 fully saturated rings. The molecule has 0 aliphatic carbocycles. The number of urea groups is 1. The summed E-state index contributed by atoms with van der Waals surface area (Å²) in [5, 5.41) is 12.4. The molecule has 8 nitrogen and oxygen atoms in total. The number of aliphatic hydroxyl groups excluding tert-OH is 1. The number of hydrogen-bond donors (Lipinski definition) is 2. The minimum atomic E-state index is -0.528. The first-order chi connectivity index (χ1) is 17.8. The lowest BCUT2D eigenvalue weighted by molar-refractivity contribution is 0.0356. The van der Waals surface area contributed by atoms with E-state index in [-0.39, 0.29) is 42.1 Å². The lowest BCUT2D eigenvalue weighted by Crippen LogP contribution is -2.50. The SMILES string of the molecule is C[C@@H]1CN([C@@H](C)CO)C(=O)c2cc(-c3ccccc3)cnc2O[C@@H]1CN(C)C(=O)Nc1ccccc1F. The third-order valence-corrected chi connectivity index (χ3v) is 6.54. The topological polar surface area (TPSA) is 95.0 Å². The Morgan fingerprint density at radius 1 is 1.22 bits per heavy atom. The van der Waals surface area contributed by atoms with Crippen molar-refractivity contribution in [2.45, 2.75) is 26.0 Å². The van der Waals surface area contributed by atoms with E-state index in [2.05, 4.69) is 10.3 Å². The van der Waals surface area contributed by atoms with Crippen LogP contribution in [0.25, 0.3) is 11.1 Å². The third kappa shape index (κ3) is 5.89. The predicted octanol–water partition coefficient (Wildman–Crippen LogP) is 4.27. The van der Waals surface area contributed by atoms with Crippen LogP contribution in [0.2, 0.25) is 0 Å². The maximum Gasteiger partial charge on any atom is 0.321 e. The number of amides is 3. The van der Waals surface area contributed by atoms with Crippen LogP contribution in [0.5, 0.6) is 5.88 Å². The van der Waals surface area contributed by atoms with Gasteiger partial charge in [-0.05, 0) is 30.7 Å². The molecular weight excluding hydrogens is 475 g/mol. The highest BCUT2D eigenvalue weighted by molar-refractivity contribution is 5.98. The predicted molar refractivity (Wildman–Crippen MR) is 139 cm³/mol. The molecule has 1 aliphatic heterocycles. The van der Waals surface area contributed by atoms with Crippen molar-refractivity contribution >= 4 is 17.6 Å². The first-order valence-corrected chi connectivity index (χ1v) is 12.2. The Bertz CT molecular complexity index is 1260. The van der Waals surface area contributed by atoms with Crippen LogP contribution in [0.3, 0.4) is 0 Å². The number of anilines is 1. The van der Waals surface area contributed by atoms with Crippen molar-refractivity contribution in [2.24, 2.45) is 5.92 Å².